The second kappa shape index (κ2) is 9.06. The Bertz CT molecular complexity index is 402. The molecule has 1 rings (SSSR count). The quantitative estimate of drug-likeness (QED) is 0.725. The molecular formula is C15H27N3OS. The number of nitrogens with one attached hydrogen (secondary N) is 1. The van der Waals surface area contributed by atoms with E-state index in [0.29, 0.717) is 11.0 Å². The molecule has 0 aliphatic carbocycles. The highest BCUT2D eigenvalue weighted by atomic mass is 32.1. The summed E-state index contributed by atoms with van der Waals surface area (Å²) in [5, 5.41) is 12.9. The summed E-state index contributed by atoms with van der Waals surface area (Å²) in [4.78, 5) is 12.2. The Morgan fingerprint density at radius 1 is 1.15 bits per heavy atom. The van der Waals surface area contributed by atoms with Crippen LogP contribution >= 0.6 is 11.3 Å². The predicted octanol–water partition coefficient (Wildman–Crippen LogP) is 4.60. The maximum absolute atomic E-state index is 12.2. The van der Waals surface area contributed by atoms with Crippen molar-refractivity contribution in [3.05, 3.63) is 5.01 Å². The van der Waals surface area contributed by atoms with E-state index in [-0.39, 0.29) is 11.8 Å². The first-order valence-corrected chi connectivity index (χ1v) is 8.61. The van der Waals surface area contributed by atoms with Gasteiger partial charge in [0.1, 0.15) is 5.01 Å². The smallest absolute Gasteiger partial charge is 0.229 e. The zero-order valence-corrected chi connectivity index (χ0v) is 13.9. The number of unbranched alkanes of at least 4 members (excludes halogenated alkanes) is 1. The number of carbonyl (C=O) groups is 1. The van der Waals surface area contributed by atoms with E-state index < -0.39 is 0 Å². The van der Waals surface area contributed by atoms with Crippen molar-refractivity contribution in [3.63, 3.8) is 0 Å². The molecule has 1 N–H and O–H groups in total. The van der Waals surface area contributed by atoms with Gasteiger partial charge in [-0.1, -0.05) is 51.9 Å². The van der Waals surface area contributed by atoms with Crippen molar-refractivity contribution in [1.29, 1.82) is 0 Å². The van der Waals surface area contributed by atoms with Gasteiger partial charge in [-0.3, -0.25) is 4.79 Å². The summed E-state index contributed by atoms with van der Waals surface area (Å²) in [5.74, 6) is 0.642. The first-order valence-electron chi connectivity index (χ1n) is 7.80. The van der Waals surface area contributed by atoms with Crippen molar-refractivity contribution < 1.29 is 4.79 Å². The first kappa shape index (κ1) is 17.1. The van der Waals surface area contributed by atoms with Gasteiger partial charge >= 0.3 is 0 Å². The second-order valence-electron chi connectivity index (χ2n) is 5.20. The van der Waals surface area contributed by atoms with Gasteiger partial charge < -0.3 is 5.32 Å². The third-order valence-corrected chi connectivity index (χ3v) is 4.78. The molecule has 1 heterocycles. The van der Waals surface area contributed by atoms with E-state index in [1.807, 2.05) is 0 Å². The molecule has 4 nitrogen and oxygen atoms in total. The average Bonchev–Trinajstić information content (AvgIpc) is 2.89. The minimum Gasteiger partial charge on any atom is -0.300 e. The Labute approximate surface area is 126 Å². The van der Waals surface area contributed by atoms with Crippen LogP contribution in [0.15, 0.2) is 0 Å². The van der Waals surface area contributed by atoms with Crippen LogP contribution in [0.5, 0.6) is 0 Å². The van der Waals surface area contributed by atoms with Crippen LogP contribution in [0.1, 0.15) is 77.1 Å². The maximum atomic E-state index is 12.2. The van der Waals surface area contributed by atoms with Gasteiger partial charge in [0.05, 0.1) is 0 Å². The van der Waals surface area contributed by atoms with Crippen molar-refractivity contribution in [2.45, 2.75) is 72.1 Å². The average molecular weight is 297 g/mol. The molecule has 0 radical (unpaired) electrons. The van der Waals surface area contributed by atoms with Gasteiger partial charge in [0.25, 0.3) is 0 Å². The standard InChI is InChI=1S/C15H27N3OS/c1-5-9-10-12(8-4)13(19)16-15-18-17-14(20-15)11(6-2)7-3/h11-12H,5-10H2,1-4H3,(H,16,18,19)/t12-/m1/s1. The van der Waals surface area contributed by atoms with Crippen LogP contribution in [0, 0.1) is 5.92 Å². The Kier molecular flexibility index (Phi) is 7.73. The lowest BCUT2D eigenvalue weighted by atomic mass is 9.99. The molecule has 5 heteroatoms. The molecule has 0 aromatic carbocycles. The summed E-state index contributed by atoms with van der Waals surface area (Å²) in [7, 11) is 0. The number of rotatable bonds is 9. The number of nitrogens with zero attached hydrogens (tertiary/aromatic N) is 2. The fourth-order valence-electron chi connectivity index (χ4n) is 2.27. The lowest BCUT2D eigenvalue weighted by Crippen LogP contribution is -2.22. The van der Waals surface area contributed by atoms with Crippen LogP contribution in [0.4, 0.5) is 5.13 Å². The zero-order chi connectivity index (χ0) is 15.0. The van der Waals surface area contributed by atoms with Crippen molar-refractivity contribution in [2.75, 3.05) is 5.32 Å². The van der Waals surface area contributed by atoms with E-state index in [2.05, 4.69) is 43.2 Å². The normalized spacial score (nSPS) is 12.7. The second-order valence-corrected chi connectivity index (χ2v) is 6.20. The Hall–Kier alpha value is -0.970. The number of carbonyl (C=O) groups excluding carboxylic acids is 1. The molecule has 1 aromatic rings. The summed E-state index contributed by atoms with van der Waals surface area (Å²) in [5.41, 5.74) is 0. The van der Waals surface area contributed by atoms with E-state index in [1.54, 1.807) is 0 Å². The Morgan fingerprint density at radius 3 is 2.40 bits per heavy atom. The number of amides is 1. The predicted molar refractivity (Wildman–Crippen MR) is 85.2 cm³/mol. The van der Waals surface area contributed by atoms with E-state index in [9.17, 15) is 4.79 Å². The molecule has 1 atom stereocenters. The monoisotopic (exact) mass is 297 g/mol. The van der Waals surface area contributed by atoms with Gasteiger partial charge in [-0.05, 0) is 25.7 Å². The minimum absolute atomic E-state index is 0.0909. The zero-order valence-electron chi connectivity index (χ0n) is 13.1. The highest BCUT2D eigenvalue weighted by Gasteiger charge is 2.19. The molecule has 114 valence electrons. The van der Waals surface area contributed by atoms with Crippen LogP contribution < -0.4 is 5.32 Å². The van der Waals surface area contributed by atoms with Gasteiger partial charge in [0.15, 0.2) is 0 Å². The molecule has 0 bridgehead atoms. The molecule has 0 spiro atoms. The van der Waals surface area contributed by atoms with Crippen LogP contribution in [-0.2, 0) is 4.79 Å². The molecule has 1 aromatic heterocycles. The third-order valence-electron chi connectivity index (χ3n) is 3.78. The van der Waals surface area contributed by atoms with Gasteiger partial charge in [-0.25, -0.2) is 0 Å². The van der Waals surface area contributed by atoms with E-state index in [1.165, 1.54) is 11.3 Å². The Balaban J connectivity index is 2.61. The van der Waals surface area contributed by atoms with Crippen LogP contribution in [0.25, 0.3) is 0 Å². The number of hydrogen-bond donors (Lipinski definition) is 1. The molecule has 0 saturated carbocycles. The highest BCUT2D eigenvalue weighted by molar-refractivity contribution is 7.15. The van der Waals surface area contributed by atoms with Crippen molar-refractivity contribution in [1.82, 2.24) is 10.2 Å². The van der Waals surface area contributed by atoms with E-state index in [4.69, 9.17) is 0 Å². The minimum atomic E-state index is 0.0909. The number of anilines is 1. The van der Waals surface area contributed by atoms with Gasteiger partial charge in [-0.2, -0.15) is 0 Å². The van der Waals surface area contributed by atoms with Crippen LogP contribution in [0.3, 0.4) is 0 Å². The summed E-state index contributed by atoms with van der Waals surface area (Å²) in [6.07, 6.45) is 6.18. The molecule has 0 aliphatic rings. The van der Waals surface area contributed by atoms with Crippen LogP contribution in [0.2, 0.25) is 0 Å². The molecule has 0 unspecified atom stereocenters. The summed E-state index contributed by atoms with van der Waals surface area (Å²) in [6.45, 7) is 8.53. The van der Waals surface area contributed by atoms with Crippen molar-refractivity contribution in [3.8, 4) is 0 Å². The Morgan fingerprint density at radius 2 is 1.85 bits per heavy atom. The maximum Gasteiger partial charge on any atom is 0.229 e. The SMILES string of the molecule is CCCC[C@@H](CC)C(=O)Nc1nnc(C(CC)CC)s1. The largest absolute Gasteiger partial charge is 0.300 e. The van der Waals surface area contributed by atoms with E-state index in [0.717, 1.165) is 43.5 Å². The van der Waals surface area contributed by atoms with E-state index >= 15 is 0 Å². The van der Waals surface area contributed by atoms with Gasteiger partial charge in [-0.15, -0.1) is 10.2 Å². The fourth-order valence-corrected chi connectivity index (χ4v) is 3.28. The highest BCUT2D eigenvalue weighted by Crippen LogP contribution is 2.28. The molecule has 1 amide bonds. The van der Waals surface area contributed by atoms with Gasteiger partial charge in [0.2, 0.25) is 11.0 Å². The van der Waals surface area contributed by atoms with Gasteiger partial charge in [0, 0.05) is 11.8 Å². The fraction of sp³-hybridized carbons (Fsp3) is 0.800. The third kappa shape index (κ3) is 4.85. The molecule has 0 fully saturated rings. The van der Waals surface area contributed by atoms with Crippen LogP contribution in [-0.4, -0.2) is 16.1 Å². The lowest BCUT2D eigenvalue weighted by Gasteiger charge is -2.12. The van der Waals surface area contributed by atoms with Crippen molar-refractivity contribution >= 4 is 22.4 Å². The topological polar surface area (TPSA) is 54.9 Å². The summed E-state index contributed by atoms with van der Waals surface area (Å²) < 4.78 is 0. The molecule has 0 aliphatic heterocycles. The summed E-state index contributed by atoms with van der Waals surface area (Å²) in [6, 6.07) is 0. The first-order chi connectivity index (χ1) is 9.65. The summed E-state index contributed by atoms with van der Waals surface area (Å²) >= 11 is 1.52. The number of aromatic nitrogens is 2. The van der Waals surface area contributed by atoms with Crippen molar-refractivity contribution in [2.24, 2.45) is 5.92 Å². The molecule has 20 heavy (non-hydrogen) atoms. The number of hydrogen-bond acceptors (Lipinski definition) is 4. The molecular weight excluding hydrogens is 270 g/mol. The lowest BCUT2D eigenvalue weighted by molar-refractivity contribution is -0.120. The molecule has 0 saturated heterocycles.